The lowest BCUT2D eigenvalue weighted by atomic mass is 10.1. The van der Waals surface area contributed by atoms with E-state index in [9.17, 15) is 14.4 Å². The van der Waals surface area contributed by atoms with E-state index in [4.69, 9.17) is 4.74 Å². The number of carbonyl (C=O) groups excluding carboxylic acids is 3. The van der Waals surface area contributed by atoms with E-state index in [1.165, 1.54) is 0 Å². The van der Waals surface area contributed by atoms with Crippen molar-refractivity contribution in [2.75, 3.05) is 0 Å². The largest absolute Gasteiger partial charge is 0.460 e. The molecule has 0 bridgehead atoms. The zero-order valence-electron chi connectivity index (χ0n) is 8.92. The molecule has 5 nitrogen and oxygen atoms in total. The predicted octanol–water partition coefficient (Wildman–Crippen LogP) is 0.820. The Labute approximate surface area is 97.3 Å². The fraction of sp³-hybridized carbons (Fsp3) is 0.250. The fourth-order valence-electron chi connectivity index (χ4n) is 1.48. The van der Waals surface area contributed by atoms with E-state index in [1.54, 1.807) is 12.1 Å². The number of cyclic esters (lactones) is 2. The number of benzene rings is 1. The molecule has 1 unspecified atom stereocenters. The number of ether oxygens (including phenoxy) is 2. The van der Waals surface area contributed by atoms with Gasteiger partial charge in [-0.3, -0.25) is 14.4 Å². The van der Waals surface area contributed by atoms with Gasteiger partial charge in [0, 0.05) is 0 Å². The van der Waals surface area contributed by atoms with Crippen LogP contribution in [-0.2, 0) is 30.5 Å². The minimum Gasteiger partial charge on any atom is -0.460 e. The predicted molar refractivity (Wildman–Crippen MR) is 55.4 cm³/mol. The van der Waals surface area contributed by atoms with Crippen LogP contribution in [0, 0.1) is 5.92 Å². The highest BCUT2D eigenvalue weighted by Crippen LogP contribution is 2.18. The van der Waals surface area contributed by atoms with Crippen LogP contribution in [0.3, 0.4) is 0 Å². The number of hydrogen-bond donors (Lipinski definition) is 0. The highest BCUT2D eigenvalue weighted by molar-refractivity contribution is 6.06. The van der Waals surface area contributed by atoms with Gasteiger partial charge in [-0.25, -0.2) is 0 Å². The third-order valence-electron chi connectivity index (χ3n) is 2.38. The lowest BCUT2D eigenvalue weighted by Gasteiger charge is -2.06. The summed E-state index contributed by atoms with van der Waals surface area (Å²) in [5.41, 5.74) is 0.818. The first kappa shape index (κ1) is 11.3. The Kier molecular flexibility index (Phi) is 3.18. The number of esters is 3. The zero-order chi connectivity index (χ0) is 12.3. The summed E-state index contributed by atoms with van der Waals surface area (Å²) in [6, 6.07) is 9.07. The molecule has 1 fully saturated rings. The van der Waals surface area contributed by atoms with Crippen LogP contribution in [0.2, 0.25) is 0 Å². The van der Waals surface area contributed by atoms with E-state index in [0.29, 0.717) is 0 Å². The molecule has 1 saturated heterocycles. The van der Waals surface area contributed by atoms with E-state index in [1.807, 2.05) is 18.2 Å². The van der Waals surface area contributed by atoms with Gasteiger partial charge in [-0.1, -0.05) is 30.3 Å². The Balaban J connectivity index is 1.90. The van der Waals surface area contributed by atoms with Crippen molar-refractivity contribution in [3.63, 3.8) is 0 Å². The molecule has 0 aromatic heterocycles. The van der Waals surface area contributed by atoms with Crippen LogP contribution in [0.4, 0.5) is 0 Å². The summed E-state index contributed by atoms with van der Waals surface area (Å²) in [5, 5.41) is 0. The summed E-state index contributed by atoms with van der Waals surface area (Å²) < 4.78 is 9.21. The second-order valence-electron chi connectivity index (χ2n) is 3.64. The van der Waals surface area contributed by atoms with Crippen molar-refractivity contribution in [2.24, 2.45) is 5.92 Å². The lowest BCUT2D eigenvalue weighted by molar-refractivity contribution is -0.158. The topological polar surface area (TPSA) is 69.7 Å². The van der Waals surface area contributed by atoms with Crippen molar-refractivity contribution in [3.05, 3.63) is 35.9 Å². The van der Waals surface area contributed by atoms with Gasteiger partial charge in [0.05, 0.1) is 6.42 Å². The molecule has 5 heteroatoms. The molecule has 2 rings (SSSR count). The minimum atomic E-state index is -1.11. The van der Waals surface area contributed by atoms with Gasteiger partial charge in [0.2, 0.25) is 0 Å². The van der Waals surface area contributed by atoms with E-state index in [2.05, 4.69) is 4.74 Å². The van der Waals surface area contributed by atoms with Crippen molar-refractivity contribution >= 4 is 17.9 Å². The average molecular weight is 234 g/mol. The van der Waals surface area contributed by atoms with Gasteiger partial charge in [0.15, 0.2) is 5.92 Å². The first-order valence-electron chi connectivity index (χ1n) is 5.12. The third kappa shape index (κ3) is 2.69. The average Bonchev–Trinajstić information content (AvgIpc) is 2.67. The summed E-state index contributed by atoms with van der Waals surface area (Å²) in [7, 11) is 0. The summed E-state index contributed by atoms with van der Waals surface area (Å²) in [6.45, 7) is 0.0810. The summed E-state index contributed by atoms with van der Waals surface area (Å²) in [6.07, 6.45) is -0.230. The van der Waals surface area contributed by atoms with Gasteiger partial charge in [-0.15, -0.1) is 0 Å². The monoisotopic (exact) mass is 234 g/mol. The zero-order valence-corrected chi connectivity index (χ0v) is 8.92. The standard InChI is InChI=1S/C12H10O5/c13-10-6-9(12(15)17-10)11(14)16-7-8-4-2-1-3-5-8/h1-5,9H,6-7H2. The molecule has 1 aliphatic heterocycles. The second kappa shape index (κ2) is 4.78. The molecule has 17 heavy (non-hydrogen) atoms. The first-order valence-corrected chi connectivity index (χ1v) is 5.12. The molecule has 88 valence electrons. The Morgan fingerprint density at radius 2 is 2.00 bits per heavy atom. The highest BCUT2D eigenvalue weighted by Gasteiger charge is 2.40. The molecule has 0 amide bonds. The molecule has 1 aromatic rings. The van der Waals surface area contributed by atoms with Crippen LogP contribution in [0.5, 0.6) is 0 Å². The number of carbonyl (C=O) groups is 3. The van der Waals surface area contributed by atoms with Gasteiger partial charge in [-0.05, 0) is 5.56 Å². The molecule has 0 aliphatic carbocycles. The molecule has 1 atom stereocenters. The van der Waals surface area contributed by atoms with E-state index >= 15 is 0 Å². The van der Waals surface area contributed by atoms with Crippen LogP contribution in [0.1, 0.15) is 12.0 Å². The molecular weight excluding hydrogens is 224 g/mol. The normalized spacial score (nSPS) is 18.9. The summed E-state index contributed by atoms with van der Waals surface area (Å²) >= 11 is 0. The van der Waals surface area contributed by atoms with Crippen LogP contribution in [-0.4, -0.2) is 17.9 Å². The number of hydrogen-bond acceptors (Lipinski definition) is 5. The smallest absolute Gasteiger partial charge is 0.328 e. The summed E-state index contributed by atoms with van der Waals surface area (Å²) in [5.74, 6) is -3.33. The van der Waals surface area contributed by atoms with Crippen molar-refractivity contribution < 1.29 is 23.9 Å². The van der Waals surface area contributed by atoms with E-state index < -0.39 is 23.8 Å². The van der Waals surface area contributed by atoms with Crippen molar-refractivity contribution in [2.45, 2.75) is 13.0 Å². The van der Waals surface area contributed by atoms with Crippen LogP contribution in [0.15, 0.2) is 30.3 Å². The quantitative estimate of drug-likeness (QED) is 0.572. The fourth-order valence-corrected chi connectivity index (χ4v) is 1.48. The van der Waals surface area contributed by atoms with Crippen molar-refractivity contribution in [1.82, 2.24) is 0 Å². The molecule has 0 saturated carbocycles. The van der Waals surface area contributed by atoms with Crippen LogP contribution >= 0.6 is 0 Å². The Hall–Kier alpha value is -2.17. The minimum absolute atomic E-state index is 0.0810. The molecule has 1 aliphatic rings. The van der Waals surface area contributed by atoms with E-state index in [-0.39, 0.29) is 13.0 Å². The second-order valence-corrected chi connectivity index (χ2v) is 3.64. The van der Waals surface area contributed by atoms with E-state index in [0.717, 1.165) is 5.56 Å². The maximum atomic E-state index is 11.5. The van der Waals surface area contributed by atoms with Gasteiger partial charge in [0.25, 0.3) is 0 Å². The molecule has 0 spiro atoms. The maximum Gasteiger partial charge on any atom is 0.328 e. The first-order chi connectivity index (χ1) is 8.16. The van der Waals surface area contributed by atoms with Crippen LogP contribution < -0.4 is 0 Å². The van der Waals surface area contributed by atoms with Crippen molar-refractivity contribution in [1.29, 1.82) is 0 Å². The molecule has 1 heterocycles. The van der Waals surface area contributed by atoms with Gasteiger partial charge >= 0.3 is 17.9 Å². The highest BCUT2D eigenvalue weighted by atomic mass is 16.6. The molecule has 1 aromatic carbocycles. The molecule has 0 radical (unpaired) electrons. The van der Waals surface area contributed by atoms with Gasteiger partial charge < -0.3 is 9.47 Å². The van der Waals surface area contributed by atoms with Crippen molar-refractivity contribution in [3.8, 4) is 0 Å². The van der Waals surface area contributed by atoms with Gasteiger partial charge in [-0.2, -0.15) is 0 Å². The maximum absolute atomic E-state index is 11.5. The summed E-state index contributed by atoms with van der Waals surface area (Å²) in [4.78, 5) is 33.4. The Morgan fingerprint density at radius 1 is 1.29 bits per heavy atom. The Morgan fingerprint density at radius 3 is 2.59 bits per heavy atom. The third-order valence-corrected chi connectivity index (χ3v) is 2.38. The molecule has 0 N–H and O–H groups in total. The SMILES string of the molecule is O=C1CC(C(=O)OCc2ccccc2)C(=O)O1. The van der Waals surface area contributed by atoms with Gasteiger partial charge in [0.1, 0.15) is 6.61 Å². The Bertz CT molecular complexity index is 451. The number of rotatable bonds is 3. The van der Waals surface area contributed by atoms with Crippen LogP contribution in [0.25, 0.3) is 0 Å². The lowest BCUT2D eigenvalue weighted by Crippen LogP contribution is -2.21. The molecular formula is C12H10O5.